The summed E-state index contributed by atoms with van der Waals surface area (Å²) in [6.07, 6.45) is 1.47. The number of nitrogens with two attached hydrogens (primary N) is 1. The van der Waals surface area contributed by atoms with Crippen molar-refractivity contribution in [3.05, 3.63) is 35.5 Å². The van der Waals surface area contributed by atoms with Gasteiger partial charge in [-0.2, -0.15) is 4.98 Å². The molecule has 1 heterocycles. The molecule has 0 saturated carbocycles. The number of aromatic nitrogens is 2. The number of halogens is 1. The number of anilines is 3. The highest BCUT2D eigenvalue weighted by Gasteiger charge is 2.05. The summed E-state index contributed by atoms with van der Waals surface area (Å²) < 4.78 is 5.37. The highest BCUT2D eigenvalue weighted by atomic mass is 35.5. The summed E-state index contributed by atoms with van der Waals surface area (Å²) in [7, 11) is 0. The summed E-state index contributed by atoms with van der Waals surface area (Å²) in [4.78, 5) is 8.02. The molecule has 0 radical (unpaired) electrons. The first-order chi connectivity index (χ1) is 9.22. The largest absolute Gasteiger partial charge is 0.494 e. The zero-order valence-corrected chi connectivity index (χ0v) is 11.1. The number of rotatable bonds is 5. The van der Waals surface area contributed by atoms with Crippen LogP contribution in [0.5, 0.6) is 5.75 Å². The molecule has 0 amide bonds. The molecule has 100 valence electrons. The van der Waals surface area contributed by atoms with Crippen molar-refractivity contribution >= 4 is 29.1 Å². The van der Waals surface area contributed by atoms with E-state index in [4.69, 9.17) is 22.2 Å². The number of nitrogens with zero attached hydrogens (tertiary/aromatic N) is 2. The summed E-state index contributed by atoms with van der Waals surface area (Å²) in [6.45, 7) is 2.57. The van der Waals surface area contributed by atoms with E-state index < -0.39 is 0 Å². The topological polar surface area (TPSA) is 85.1 Å². The third-order valence-electron chi connectivity index (χ3n) is 2.30. The van der Waals surface area contributed by atoms with Crippen molar-refractivity contribution in [3.63, 3.8) is 0 Å². The van der Waals surface area contributed by atoms with Crippen LogP contribution in [0.2, 0.25) is 5.02 Å². The van der Waals surface area contributed by atoms with Gasteiger partial charge in [0.2, 0.25) is 5.95 Å². The number of ether oxygens (including phenoxy) is 1. The lowest BCUT2D eigenvalue weighted by atomic mass is 10.3. The number of benzene rings is 1. The number of hydrazine groups is 1. The third kappa shape index (κ3) is 3.46. The van der Waals surface area contributed by atoms with Crippen LogP contribution in [0.3, 0.4) is 0 Å². The second-order valence-electron chi connectivity index (χ2n) is 3.62. The molecule has 0 fully saturated rings. The molecule has 2 aromatic rings. The fourth-order valence-corrected chi connectivity index (χ4v) is 1.60. The van der Waals surface area contributed by atoms with E-state index in [1.165, 1.54) is 6.20 Å². The van der Waals surface area contributed by atoms with Gasteiger partial charge in [0.25, 0.3) is 0 Å². The molecule has 0 aliphatic carbocycles. The Balaban J connectivity index is 2.16. The molecular weight excluding hydrogens is 266 g/mol. The number of hydrogen-bond donors (Lipinski definition) is 3. The average molecular weight is 280 g/mol. The van der Waals surface area contributed by atoms with Gasteiger partial charge in [0.05, 0.1) is 12.8 Å². The molecule has 7 heteroatoms. The maximum absolute atomic E-state index is 6.00. The minimum absolute atomic E-state index is 0.290. The maximum Gasteiger partial charge on any atom is 0.239 e. The van der Waals surface area contributed by atoms with Crippen LogP contribution in [0, 0.1) is 0 Å². The minimum atomic E-state index is 0.290. The normalized spacial score (nSPS) is 10.1. The predicted octanol–water partition coefficient (Wildman–Crippen LogP) is 2.56. The molecule has 0 atom stereocenters. The second-order valence-corrected chi connectivity index (χ2v) is 4.02. The summed E-state index contributed by atoms with van der Waals surface area (Å²) in [5.74, 6) is 6.83. The molecule has 1 aromatic heterocycles. The highest BCUT2D eigenvalue weighted by Crippen LogP contribution is 2.24. The van der Waals surface area contributed by atoms with Crippen molar-refractivity contribution in [2.75, 3.05) is 17.3 Å². The summed E-state index contributed by atoms with van der Waals surface area (Å²) in [5.41, 5.74) is 3.21. The van der Waals surface area contributed by atoms with Crippen LogP contribution in [-0.2, 0) is 0 Å². The van der Waals surface area contributed by atoms with E-state index in [0.717, 1.165) is 11.4 Å². The van der Waals surface area contributed by atoms with Crippen LogP contribution in [0.25, 0.3) is 0 Å². The van der Waals surface area contributed by atoms with Gasteiger partial charge >= 0.3 is 0 Å². The Kier molecular flexibility index (Phi) is 4.38. The molecule has 0 bridgehead atoms. The van der Waals surface area contributed by atoms with Gasteiger partial charge in [-0.3, -0.25) is 5.43 Å². The van der Waals surface area contributed by atoms with Crippen molar-refractivity contribution in [2.45, 2.75) is 6.92 Å². The van der Waals surface area contributed by atoms with Crippen molar-refractivity contribution in [1.82, 2.24) is 9.97 Å². The van der Waals surface area contributed by atoms with Crippen molar-refractivity contribution in [2.24, 2.45) is 5.84 Å². The number of nitrogen functional groups attached to an aromatic ring is 1. The van der Waals surface area contributed by atoms with Gasteiger partial charge in [0.1, 0.15) is 10.8 Å². The predicted molar refractivity (Wildman–Crippen MR) is 75.7 cm³/mol. The van der Waals surface area contributed by atoms with E-state index in [1.54, 1.807) is 0 Å². The van der Waals surface area contributed by atoms with Crippen molar-refractivity contribution < 1.29 is 4.74 Å². The second kappa shape index (κ2) is 6.21. The summed E-state index contributed by atoms with van der Waals surface area (Å²) >= 11 is 6.00. The lowest BCUT2D eigenvalue weighted by Gasteiger charge is -2.09. The Morgan fingerprint density at radius 3 is 2.68 bits per heavy atom. The first-order valence-corrected chi connectivity index (χ1v) is 6.09. The Labute approximate surface area is 115 Å². The van der Waals surface area contributed by atoms with Crippen LogP contribution in [-0.4, -0.2) is 16.6 Å². The molecule has 0 saturated heterocycles. The van der Waals surface area contributed by atoms with Gasteiger partial charge in [-0.05, 0) is 31.2 Å². The SMILES string of the molecule is CCOc1ccc(Nc2nc(NN)ncc2Cl)cc1. The van der Waals surface area contributed by atoms with Gasteiger partial charge in [-0.25, -0.2) is 10.8 Å². The monoisotopic (exact) mass is 279 g/mol. The molecule has 19 heavy (non-hydrogen) atoms. The molecular formula is C12H14ClN5O. The van der Waals surface area contributed by atoms with Crippen LogP contribution in [0.1, 0.15) is 6.92 Å². The van der Waals surface area contributed by atoms with E-state index in [-0.39, 0.29) is 5.95 Å². The molecule has 0 spiro atoms. The van der Waals surface area contributed by atoms with Crippen LogP contribution in [0.15, 0.2) is 30.5 Å². The Morgan fingerprint density at radius 2 is 2.05 bits per heavy atom. The average Bonchev–Trinajstić information content (AvgIpc) is 2.44. The van der Waals surface area contributed by atoms with E-state index >= 15 is 0 Å². The third-order valence-corrected chi connectivity index (χ3v) is 2.58. The van der Waals surface area contributed by atoms with Crippen molar-refractivity contribution in [3.8, 4) is 5.75 Å². The standard InChI is InChI=1S/C12H14ClN5O/c1-2-19-9-5-3-8(4-6-9)16-11-10(13)7-15-12(17-11)18-14/h3-7H,2,14H2,1H3,(H2,15,16,17,18). The maximum atomic E-state index is 6.00. The lowest BCUT2D eigenvalue weighted by molar-refractivity contribution is 0.340. The van der Waals surface area contributed by atoms with E-state index in [1.807, 2.05) is 31.2 Å². The molecule has 1 aromatic carbocycles. The van der Waals surface area contributed by atoms with Gasteiger partial charge in [0, 0.05) is 5.69 Å². The summed E-state index contributed by atoms with van der Waals surface area (Å²) in [5, 5.41) is 3.49. The summed E-state index contributed by atoms with van der Waals surface area (Å²) in [6, 6.07) is 7.48. The van der Waals surface area contributed by atoms with Gasteiger partial charge < -0.3 is 10.1 Å². The first kappa shape index (κ1) is 13.4. The quantitative estimate of drug-likeness (QED) is 0.576. The molecule has 2 rings (SSSR count). The molecule has 4 N–H and O–H groups in total. The Bertz CT molecular complexity index is 546. The number of nitrogens with one attached hydrogen (secondary N) is 2. The smallest absolute Gasteiger partial charge is 0.239 e. The van der Waals surface area contributed by atoms with Crippen LogP contribution < -0.4 is 21.3 Å². The van der Waals surface area contributed by atoms with E-state index in [9.17, 15) is 0 Å². The molecule has 0 aliphatic rings. The first-order valence-electron chi connectivity index (χ1n) is 5.72. The highest BCUT2D eigenvalue weighted by molar-refractivity contribution is 6.32. The van der Waals surface area contributed by atoms with Gasteiger partial charge in [-0.1, -0.05) is 11.6 Å². The Morgan fingerprint density at radius 1 is 1.32 bits per heavy atom. The van der Waals surface area contributed by atoms with Crippen LogP contribution >= 0.6 is 11.6 Å². The Hall–Kier alpha value is -2.05. The van der Waals surface area contributed by atoms with E-state index in [2.05, 4.69) is 20.7 Å². The fourth-order valence-electron chi connectivity index (χ4n) is 1.46. The van der Waals surface area contributed by atoms with Crippen molar-refractivity contribution in [1.29, 1.82) is 0 Å². The molecule has 0 unspecified atom stereocenters. The molecule has 6 nitrogen and oxygen atoms in total. The molecule has 0 aliphatic heterocycles. The zero-order chi connectivity index (χ0) is 13.7. The minimum Gasteiger partial charge on any atom is -0.494 e. The number of hydrogen-bond acceptors (Lipinski definition) is 6. The van der Waals surface area contributed by atoms with Crippen LogP contribution in [0.4, 0.5) is 17.5 Å². The van der Waals surface area contributed by atoms with Gasteiger partial charge in [-0.15, -0.1) is 0 Å². The van der Waals surface area contributed by atoms with E-state index in [0.29, 0.717) is 17.4 Å². The van der Waals surface area contributed by atoms with Gasteiger partial charge in [0.15, 0.2) is 5.82 Å². The lowest BCUT2D eigenvalue weighted by Crippen LogP contribution is -2.11. The fraction of sp³-hybridized carbons (Fsp3) is 0.167. The zero-order valence-electron chi connectivity index (χ0n) is 10.4.